The predicted molar refractivity (Wildman–Crippen MR) is 79.1 cm³/mol. The van der Waals surface area contributed by atoms with E-state index in [0.29, 0.717) is 18.8 Å². The van der Waals surface area contributed by atoms with Gasteiger partial charge >= 0.3 is 0 Å². The minimum absolute atomic E-state index is 0.00115. The van der Waals surface area contributed by atoms with Gasteiger partial charge in [-0.25, -0.2) is 4.39 Å². The number of hydrogen-bond acceptors (Lipinski definition) is 3. The highest BCUT2D eigenvalue weighted by Crippen LogP contribution is 2.18. The SMILES string of the molecule is N#Cc1c(F)cccc1NCCNC(=O)[C@@H]1CC=CCC1. The Kier molecular flexibility index (Phi) is 5.33. The third-order valence-electron chi connectivity index (χ3n) is 3.50. The lowest BCUT2D eigenvalue weighted by Crippen LogP contribution is -2.34. The third kappa shape index (κ3) is 4.06. The molecule has 110 valence electrons. The molecule has 0 spiro atoms. The number of carbonyl (C=O) groups excluding carboxylic acids is 1. The summed E-state index contributed by atoms with van der Waals surface area (Å²) in [4.78, 5) is 11.9. The van der Waals surface area contributed by atoms with Gasteiger partial charge in [-0.15, -0.1) is 0 Å². The fourth-order valence-electron chi connectivity index (χ4n) is 2.34. The summed E-state index contributed by atoms with van der Waals surface area (Å²) in [6.45, 7) is 0.896. The molecule has 1 aromatic carbocycles. The molecular weight excluding hydrogens is 269 g/mol. The minimum Gasteiger partial charge on any atom is -0.382 e. The number of rotatable bonds is 5. The van der Waals surface area contributed by atoms with Gasteiger partial charge in [-0.2, -0.15) is 5.26 Å². The summed E-state index contributed by atoms with van der Waals surface area (Å²) in [5.41, 5.74) is 0.452. The number of benzene rings is 1. The first-order valence-electron chi connectivity index (χ1n) is 7.07. The molecule has 0 bridgehead atoms. The van der Waals surface area contributed by atoms with Crippen LogP contribution in [-0.2, 0) is 4.79 Å². The van der Waals surface area contributed by atoms with Gasteiger partial charge in [0.05, 0.1) is 5.69 Å². The average Bonchev–Trinajstić information content (AvgIpc) is 2.52. The molecule has 2 N–H and O–H groups in total. The highest BCUT2D eigenvalue weighted by molar-refractivity contribution is 5.79. The standard InChI is InChI=1S/C16H18FN3O/c17-14-7-4-8-15(13(14)11-18)19-9-10-20-16(21)12-5-2-1-3-6-12/h1-2,4,7-8,12,19H,3,5-6,9-10H2,(H,20,21)/t12-/m1/s1. The molecule has 1 atom stereocenters. The molecule has 0 saturated carbocycles. The molecule has 4 nitrogen and oxygen atoms in total. The molecule has 0 aliphatic heterocycles. The van der Waals surface area contributed by atoms with E-state index < -0.39 is 5.82 Å². The Morgan fingerprint density at radius 3 is 2.95 bits per heavy atom. The van der Waals surface area contributed by atoms with E-state index in [1.807, 2.05) is 12.1 Å². The Hall–Kier alpha value is -2.35. The zero-order valence-electron chi connectivity index (χ0n) is 11.7. The maximum Gasteiger partial charge on any atom is 0.223 e. The van der Waals surface area contributed by atoms with Gasteiger partial charge in [-0.1, -0.05) is 18.2 Å². The van der Waals surface area contributed by atoms with Crippen molar-refractivity contribution in [2.75, 3.05) is 18.4 Å². The summed E-state index contributed by atoms with van der Waals surface area (Å²) in [6.07, 6.45) is 6.77. The number of halogens is 1. The molecule has 0 fully saturated rings. The molecule has 2 rings (SSSR count). The van der Waals surface area contributed by atoms with E-state index in [1.54, 1.807) is 12.1 Å². The van der Waals surface area contributed by atoms with E-state index in [9.17, 15) is 9.18 Å². The van der Waals surface area contributed by atoms with Crippen LogP contribution in [0.1, 0.15) is 24.8 Å². The number of hydrogen-bond donors (Lipinski definition) is 2. The van der Waals surface area contributed by atoms with Crippen LogP contribution in [0.25, 0.3) is 0 Å². The lowest BCUT2D eigenvalue weighted by atomic mass is 9.94. The quantitative estimate of drug-likeness (QED) is 0.646. The van der Waals surface area contributed by atoms with E-state index in [4.69, 9.17) is 5.26 Å². The van der Waals surface area contributed by atoms with Gasteiger partial charge in [0.1, 0.15) is 17.4 Å². The lowest BCUT2D eigenvalue weighted by Gasteiger charge is -2.17. The van der Waals surface area contributed by atoms with Gasteiger partial charge < -0.3 is 10.6 Å². The molecule has 0 aromatic heterocycles. The molecule has 0 heterocycles. The molecule has 1 aromatic rings. The fourth-order valence-corrected chi connectivity index (χ4v) is 2.34. The number of amides is 1. The predicted octanol–water partition coefficient (Wildman–Crippen LogP) is 2.58. The van der Waals surface area contributed by atoms with Crippen LogP contribution in [0, 0.1) is 23.1 Å². The van der Waals surface area contributed by atoms with Crippen LogP contribution < -0.4 is 10.6 Å². The molecule has 0 radical (unpaired) electrons. The highest BCUT2D eigenvalue weighted by Gasteiger charge is 2.17. The van der Waals surface area contributed by atoms with Gasteiger partial charge in [0.15, 0.2) is 0 Å². The van der Waals surface area contributed by atoms with Crippen molar-refractivity contribution < 1.29 is 9.18 Å². The molecule has 0 saturated heterocycles. The van der Waals surface area contributed by atoms with Crippen LogP contribution in [0.3, 0.4) is 0 Å². The van der Waals surface area contributed by atoms with E-state index >= 15 is 0 Å². The normalized spacial score (nSPS) is 17.0. The van der Waals surface area contributed by atoms with Crippen molar-refractivity contribution in [2.24, 2.45) is 5.92 Å². The number of nitrogens with one attached hydrogen (secondary N) is 2. The first kappa shape index (κ1) is 15.0. The Labute approximate surface area is 123 Å². The summed E-state index contributed by atoms with van der Waals surface area (Å²) in [7, 11) is 0. The average molecular weight is 287 g/mol. The van der Waals surface area contributed by atoms with Gasteiger partial charge in [0.2, 0.25) is 5.91 Å². The number of nitrogens with zero attached hydrogens (tertiary/aromatic N) is 1. The molecule has 21 heavy (non-hydrogen) atoms. The summed E-state index contributed by atoms with van der Waals surface area (Å²) in [6, 6.07) is 6.28. The van der Waals surface area contributed by atoms with Crippen molar-refractivity contribution in [3.05, 3.63) is 41.7 Å². The monoisotopic (exact) mass is 287 g/mol. The van der Waals surface area contributed by atoms with Gasteiger partial charge in [-0.05, 0) is 31.4 Å². The summed E-state index contributed by atoms with van der Waals surface area (Å²) >= 11 is 0. The van der Waals surface area contributed by atoms with E-state index in [1.165, 1.54) is 6.07 Å². The molecule has 1 aliphatic rings. The van der Waals surface area contributed by atoms with Gasteiger partial charge in [0, 0.05) is 19.0 Å². The molecular formula is C16H18FN3O. The Balaban J connectivity index is 1.77. The first-order valence-corrected chi connectivity index (χ1v) is 7.07. The number of allylic oxidation sites excluding steroid dienone is 2. The number of anilines is 1. The van der Waals surface area contributed by atoms with Crippen molar-refractivity contribution >= 4 is 11.6 Å². The zero-order valence-corrected chi connectivity index (χ0v) is 11.7. The van der Waals surface area contributed by atoms with Crippen molar-refractivity contribution in [3.63, 3.8) is 0 Å². The van der Waals surface area contributed by atoms with E-state index in [2.05, 4.69) is 16.7 Å². The minimum atomic E-state index is -0.541. The van der Waals surface area contributed by atoms with Crippen molar-refractivity contribution in [3.8, 4) is 6.07 Å². The second-order valence-corrected chi connectivity index (χ2v) is 4.97. The van der Waals surface area contributed by atoms with E-state index in [-0.39, 0.29) is 17.4 Å². The Morgan fingerprint density at radius 2 is 2.24 bits per heavy atom. The van der Waals surface area contributed by atoms with Crippen molar-refractivity contribution in [1.82, 2.24) is 5.32 Å². The van der Waals surface area contributed by atoms with Crippen LogP contribution >= 0.6 is 0 Å². The molecule has 5 heteroatoms. The maximum absolute atomic E-state index is 13.4. The summed E-state index contributed by atoms with van der Waals surface area (Å²) in [5.74, 6) is -0.430. The van der Waals surface area contributed by atoms with Crippen LogP contribution in [0.5, 0.6) is 0 Å². The maximum atomic E-state index is 13.4. The second-order valence-electron chi connectivity index (χ2n) is 4.97. The Bertz CT molecular complexity index is 577. The van der Waals surface area contributed by atoms with E-state index in [0.717, 1.165) is 19.3 Å². The highest BCUT2D eigenvalue weighted by atomic mass is 19.1. The fraction of sp³-hybridized carbons (Fsp3) is 0.375. The molecule has 0 unspecified atom stereocenters. The van der Waals surface area contributed by atoms with Crippen LogP contribution in [0.2, 0.25) is 0 Å². The smallest absolute Gasteiger partial charge is 0.223 e. The van der Waals surface area contributed by atoms with Gasteiger partial charge in [-0.3, -0.25) is 4.79 Å². The van der Waals surface area contributed by atoms with Crippen LogP contribution in [-0.4, -0.2) is 19.0 Å². The van der Waals surface area contributed by atoms with Crippen molar-refractivity contribution in [1.29, 1.82) is 5.26 Å². The van der Waals surface area contributed by atoms with Gasteiger partial charge in [0.25, 0.3) is 0 Å². The lowest BCUT2D eigenvalue weighted by molar-refractivity contribution is -0.125. The third-order valence-corrected chi connectivity index (χ3v) is 3.50. The van der Waals surface area contributed by atoms with Crippen LogP contribution in [0.15, 0.2) is 30.4 Å². The number of nitriles is 1. The number of carbonyl (C=O) groups is 1. The summed E-state index contributed by atoms with van der Waals surface area (Å²) < 4.78 is 13.4. The summed E-state index contributed by atoms with van der Waals surface area (Å²) in [5, 5.41) is 14.7. The Morgan fingerprint density at radius 1 is 1.38 bits per heavy atom. The largest absolute Gasteiger partial charge is 0.382 e. The first-order chi connectivity index (χ1) is 10.2. The molecule has 1 aliphatic carbocycles. The van der Waals surface area contributed by atoms with Crippen molar-refractivity contribution in [2.45, 2.75) is 19.3 Å². The second kappa shape index (κ2) is 7.44. The van der Waals surface area contributed by atoms with Crippen LogP contribution in [0.4, 0.5) is 10.1 Å². The topological polar surface area (TPSA) is 64.9 Å². The molecule has 1 amide bonds. The zero-order chi connectivity index (χ0) is 15.1.